The first-order valence-corrected chi connectivity index (χ1v) is 6.03. The number of carbonyl (C=O) groups excluding carboxylic acids is 1. The van der Waals surface area contributed by atoms with Crippen LogP contribution in [0.5, 0.6) is 0 Å². The number of aliphatic carboxylic acids is 1. The van der Waals surface area contributed by atoms with E-state index < -0.39 is 5.97 Å². The maximum absolute atomic E-state index is 12.0. The van der Waals surface area contributed by atoms with E-state index in [0.29, 0.717) is 19.5 Å². The Labute approximate surface area is 102 Å². The zero-order valence-corrected chi connectivity index (χ0v) is 10.7. The Hall–Kier alpha value is -1.10. The van der Waals surface area contributed by atoms with Crippen molar-refractivity contribution in [3.8, 4) is 0 Å². The van der Waals surface area contributed by atoms with Crippen LogP contribution in [0.15, 0.2) is 0 Å². The number of hydrogen-bond acceptors (Lipinski definition) is 3. The number of nitrogens with zero attached hydrogens (tertiary/aromatic N) is 1. The molecule has 98 valence electrons. The summed E-state index contributed by atoms with van der Waals surface area (Å²) in [4.78, 5) is 24.3. The van der Waals surface area contributed by atoms with E-state index in [1.807, 2.05) is 13.8 Å². The average Bonchev–Trinajstić information content (AvgIpc) is 2.14. The molecule has 3 atom stereocenters. The molecule has 0 unspecified atom stereocenters. The Kier molecular flexibility index (Phi) is 4.93. The number of amides is 1. The van der Waals surface area contributed by atoms with E-state index in [1.54, 1.807) is 11.8 Å². The van der Waals surface area contributed by atoms with Crippen molar-refractivity contribution in [2.45, 2.75) is 45.8 Å². The predicted octanol–water partition coefficient (Wildman–Crippen LogP) is 1.12. The molecule has 0 aromatic heterocycles. The molecule has 0 radical (unpaired) electrons. The number of carboxylic acid groups (broad SMARTS) is 1. The van der Waals surface area contributed by atoms with Crippen molar-refractivity contribution in [1.29, 1.82) is 0 Å². The first-order valence-electron chi connectivity index (χ1n) is 6.03. The number of ether oxygens (including phenoxy) is 1. The summed E-state index contributed by atoms with van der Waals surface area (Å²) in [6.45, 7) is 6.87. The molecule has 5 heteroatoms. The Morgan fingerprint density at radius 3 is 2.29 bits per heavy atom. The Bertz CT molecular complexity index is 282. The van der Waals surface area contributed by atoms with Crippen LogP contribution in [0.1, 0.15) is 33.6 Å². The molecule has 1 aliphatic rings. The third kappa shape index (κ3) is 4.73. The third-order valence-corrected chi connectivity index (χ3v) is 2.82. The molecule has 0 spiro atoms. The van der Waals surface area contributed by atoms with Crippen LogP contribution in [0.4, 0.5) is 0 Å². The Morgan fingerprint density at radius 1 is 1.29 bits per heavy atom. The lowest BCUT2D eigenvalue weighted by molar-refractivity contribution is -0.144. The van der Waals surface area contributed by atoms with Gasteiger partial charge in [-0.2, -0.15) is 0 Å². The summed E-state index contributed by atoms with van der Waals surface area (Å²) >= 11 is 0. The monoisotopic (exact) mass is 243 g/mol. The zero-order valence-electron chi connectivity index (χ0n) is 10.7. The maximum atomic E-state index is 12.0. The highest BCUT2D eigenvalue weighted by Gasteiger charge is 2.26. The van der Waals surface area contributed by atoms with Gasteiger partial charge in [0.05, 0.1) is 12.2 Å². The van der Waals surface area contributed by atoms with Crippen LogP contribution in [-0.2, 0) is 14.3 Å². The van der Waals surface area contributed by atoms with Crippen LogP contribution in [0.2, 0.25) is 0 Å². The fourth-order valence-electron chi connectivity index (χ4n) is 2.18. The number of morpholine rings is 1. The lowest BCUT2D eigenvalue weighted by Crippen LogP contribution is -2.48. The highest BCUT2D eigenvalue weighted by Crippen LogP contribution is 2.15. The minimum Gasteiger partial charge on any atom is -0.481 e. The van der Waals surface area contributed by atoms with Crippen molar-refractivity contribution in [2.75, 3.05) is 13.1 Å². The fraction of sp³-hybridized carbons (Fsp3) is 0.833. The van der Waals surface area contributed by atoms with Gasteiger partial charge in [-0.05, 0) is 19.8 Å². The van der Waals surface area contributed by atoms with Crippen molar-refractivity contribution in [3.63, 3.8) is 0 Å². The molecule has 1 amide bonds. The van der Waals surface area contributed by atoms with E-state index in [-0.39, 0.29) is 30.5 Å². The quantitative estimate of drug-likeness (QED) is 0.803. The van der Waals surface area contributed by atoms with Crippen molar-refractivity contribution in [2.24, 2.45) is 5.92 Å². The van der Waals surface area contributed by atoms with Gasteiger partial charge in [0.25, 0.3) is 0 Å². The molecule has 0 bridgehead atoms. The normalized spacial score (nSPS) is 26.6. The topological polar surface area (TPSA) is 66.8 Å². The summed E-state index contributed by atoms with van der Waals surface area (Å²) in [6, 6.07) is 0. The first kappa shape index (κ1) is 14.0. The van der Waals surface area contributed by atoms with Gasteiger partial charge in [0.1, 0.15) is 0 Å². The largest absolute Gasteiger partial charge is 0.481 e. The van der Waals surface area contributed by atoms with Gasteiger partial charge in [0, 0.05) is 25.9 Å². The highest BCUT2D eigenvalue weighted by atomic mass is 16.5. The van der Waals surface area contributed by atoms with Crippen molar-refractivity contribution in [1.82, 2.24) is 4.90 Å². The summed E-state index contributed by atoms with van der Waals surface area (Å²) in [5, 5.41) is 8.65. The van der Waals surface area contributed by atoms with E-state index in [9.17, 15) is 9.59 Å². The van der Waals surface area contributed by atoms with Crippen molar-refractivity contribution < 1.29 is 19.4 Å². The molecule has 0 saturated carbocycles. The molecule has 1 rings (SSSR count). The summed E-state index contributed by atoms with van der Waals surface area (Å²) in [6.07, 6.45) is 0.447. The van der Waals surface area contributed by atoms with Gasteiger partial charge in [-0.3, -0.25) is 9.59 Å². The second-order valence-electron chi connectivity index (χ2n) is 4.96. The van der Waals surface area contributed by atoms with Gasteiger partial charge in [-0.25, -0.2) is 0 Å². The predicted molar refractivity (Wildman–Crippen MR) is 62.6 cm³/mol. The number of hydrogen-bond donors (Lipinski definition) is 1. The number of carbonyl (C=O) groups is 2. The van der Waals surface area contributed by atoms with Crippen LogP contribution in [-0.4, -0.2) is 47.2 Å². The smallest absolute Gasteiger partial charge is 0.303 e. The van der Waals surface area contributed by atoms with Crippen LogP contribution in [0.3, 0.4) is 0 Å². The summed E-state index contributed by atoms with van der Waals surface area (Å²) in [5.74, 6) is -0.941. The maximum Gasteiger partial charge on any atom is 0.303 e. The average molecular weight is 243 g/mol. The number of carboxylic acids is 1. The van der Waals surface area contributed by atoms with Crippen LogP contribution in [0, 0.1) is 5.92 Å². The molecule has 0 aromatic rings. The molecule has 1 aliphatic heterocycles. The summed E-state index contributed by atoms with van der Waals surface area (Å²) in [7, 11) is 0. The van der Waals surface area contributed by atoms with E-state index in [1.165, 1.54) is 0 Å². The first-order chi connectivity index (χ1) is 7.88. The molecule has 1 saturated heterocycles. The molecule has 1 heterocycles. The molecule has 5 nitrogen and oxygen atoms in total. The van der Waals surface area contributed by atoms with Gasteiger partial charge in [-0.1, -0.05) is 6.92 Å². The summed E-state index contributed by atoms with van der Waals surface area (Å²) < 4.78 is 5.55. The van der Waals surface area contributed by atoms with Gasteiger partial charge < -0.3 is 14.7 Å². The van der Waals surface area contributed by atoms with Crippen LogP contribution in [0.25, 0.3) is 0 Å². The van der Waals surface area contributed by atoms with Gasteiger partial charge in [0.2, 0.25) is 5.91 Å². The van der Waals surface area contributed by atoms with Gasteiger partial charge in [-0.15, -0.1) is 0 Å². The molecular formula is C12H21NO4. The Morgan fingerprint density at radius 2 is 1.82 bits per heavy atom. The molecule has 17 heavy (non-hydrogen) atoms. The van der Waals surface area contributed by atoms with E-state index >= 15 is 0 Å². The van der Waals surface area contributed by atoms with E-state index in [0.717, 1.165) is 0 Å². The van der Waals surface area contributed by atoms with E-state index in [2.05, 4.69) is 0 Å². The van der Waals surface area contributed by atoms with Crippen LogP contribution < -0.4 is 0 Å². The minimum atomic E-state index is -0.853. The molecule has 1 fully saturated rings. The molecular weight excluding hydrogens is 222 g/mol. The zero-order chi connectivity index (χ0) is 13.0. The van der Waals surface area contributed by atoms with Gasteiger partial charge in [0.15, 0.2) is 0 Å². The van der Waals surface area contributed by atoms with Gasteiger partial charge >= 0.3 is 5.97 Å². The third-order valence-electron chi connectivity index (χ3n) is 2.82. The molecule has 0 aliphatic carbocycles. The summed E-state index contributed by atoms with van der Waals surface area (Å²) in [5.41, 5.74) is 0. The van der Waals surface area contributed by atoms with Crippen molar-refractivity contribution in [3.05, 3.63) is 0 Å². The molecule has 0 aromatic carbocycles. The minimum absolute atomic E-state index is 0.0285. The van der Waals surface area contributed by atoms with Crippen LogP contribution >= 0.6 is 0 Å². The highest BCUT2D eigenvalue weighted by molar-refractivity contribution is 5.77. The fourth-order valence-corrected chi connectivity index (χ4v) is 2.18. The lowest BCUT2D eigenvalue weighted by Gasteiger charge is -2.35. The second-order valence-corrected chi connectivity index (χ2v) is 4.96. The Balaban J connectivity index is 2.43. The standard InChI is InChI=1S/C12H21NO4/c1-8(5-12(15)16)4-11(14)13-6-9(2)17-10(3)7-13/h8-10H,4-7H2,1-3H3,(H,15,16)/t8-,9-,10-/m0/s1. The van der Waals surface area contributed by atoms with Crippen molar-refractivity contribution >= 4 is 11.9 Å². The second kappa shape index (κ2) is 6.00. The SMILES string of the molecule is C[C@H](CC(=O)O)CC(=O)N1C[C@H](C)O[C@@H](C)C1. The lowest BCUT2D eigenvalue weighted by atomic mass is 10.0. The number of rotatable bonds is 4. The molecule has 1 N–H and O–H groups in total. The van der Waals surface area contributed by atoms with E-state index in [4.69, 9.17) is 9.84 Å².